The Bertz CT molecular complexity index is 883. The summed E-state index contributed by atoms with van der Waals surface area (Å²) in [5.41, 5.74) is 0.632. The number of hydrogen-bond acceptors (Lipinski definition) is 6. The van der Waals surface area contributed by atoms with E-state index in [1.54, 1.807) is 12.1 Å². The van der Waals surface area contributed by atoms with Crippen LogP contribution in [0, 0.1) is 32.8 Å². The van der Waals surface area contributed by atoms with Crippen LogP contribution in [0.5, 0.6) is 5.75 Å². The van der Waals surface area contributed by atoms with Gasteiger partial charge in [0.1, 0.15) is 35.8 Å². The van der Waals surface area contributed by atoms with Crippen LogP contribution in [-0.2, 0) is 6.61 Å². The topological polar surface area (TPSA) is 112 Å². The minimum Gasteiger partial charge on any atom is -0.488 e. The van der Waals surface area contributed by atoms with Crippen LogP contribution in [0.25, 0.3) is 0 Å². The zero-order valence-corrected chi connectivity index (χ0v) is 14.4. The maximum Gasteiger partial charge on any atom is 0.294 e. The molecule has 25 heavy (non-hydrogen) atoms. The van der Waals surface area contributed by atoms with E-state index >= 15 is 0 Å². The zero-order valence-electron chi connectivity index (χ0n) is 12.8. The predicted octanol–water partition coefficient (Wildman–Crippen LogP) is 4.28. The maximum absolute atomic E-state index is 11.2. The van der Waals surface area contributed by atoms with Crippen molar-refractivity contribution in [2.24, 2.45) is 0 Å². The van der Waals surface area contributed by atoms with E-state index in [1.807, 2.05) is 30.3 Å². The van der Waals surface area contributed by atoms with Gasteiger partial charge < -0.3 is 10.1 Å². The molecule has 0 aromatic heterocycles. The second-order valence-electron chi connectivity index (χ2n) is 4.76. The molecule has 124 valence electrons. The number of rotatable bonds is 6. The molecule has 0 bridgehead atoms. The second kappa shape index (κ2) is 8.48. The zero-order chi connectivity index (χ0) is 18.2. The Morgan fingerprint density at radius 2 is 1.96 bits per heavy atom. The number of nitro groups is 1. The third-order valence-electron chi connectivity index (χ3n) is 3.10. The molecular formula is C17H11BrN4O3. The summed E-state index contributed by atoms with van der Waals surface area (Å²) in [7, 11) is 0. The summed E-state index contributed by atoms with van der Waals surface area (Å²) in [5, 5.41) is 31.3. The Morgan fingerprint density at radius 3 is 2.56 bits per heavy atom. The van der Waals surface area contributed by atoms with Gasteiger partial charge >= 0.3 is 0 Å². The van der Waals surface area contributed by atoms with Gasteiger partial charge in [0.2, 0.25) is 0 Å². The molecule has 0 aliphatic heterocycles. The molecule has 0 saturated carbocycles. The van der Waals surface area contributed by atoms with E-state index in [0.29, 0.717) is 10.2 Å². The van der Waals surface area contributed by atoms with E-state index in [0.717, 1.165) is 11.8 Å². The number of nitriles is 2. The van der Waals surface area contributed by atoms with Crippen molar-refractivity contribution >= 4 is 27.3 Å². The molecule has 0 saturated heterocycles. The molecule has 0 amide bonds. The molecule has 0 atom stereocenters. The molecule has 0 heterocycles. The van der Waals surface area contributed by atoms with E-state index < -0.39 is 4.92 Å². The number of allylic oxidation sites excluding steroid dienone is 1. The van der Waals surface area contributed by atoms with Crippen molar-refractivity contribution in [2.75, 3.05) is 5.32 Å². The van der Waals surface area contributed by atoms with Crippen LogP contribution in [0.3, 0.4) is 0 Å². The van der Waals surface area contributed by atoms with Crippen LogP contribution in [0.1, 0.15) is 5.56 Å². The molecule has 0 aliphatic rings. The Hall–Kier alpha value is -3.36. The second-order valence-corrected chi connectivity index (χ2v) is 5.61. The van der Waals surface area contributed by atoms with Crippen molar-refractivity contribution in [3.63, 3.8) is 0 Å². The van der Waals surface area contributed by atoms with Gasteiger partial charge in [0, 0.05) is 18.3 Å². The van der Waals surface area contributed by atoms with Gasteiger partial charge in [-0.2, -0.15) is 10.5 Å². The fraction of sp³-hybridized carbons (Fsp3) is 0.0588. The lowest BCUT2D eigenvalue weighted by Crippen LogP contribution is -2.00. The lowest BCUT2D eigenvalue weighted by Gasteiger charge is -2.11. The van der Waals surface area contributed by atoms with E-state index in [-0.39, 0.29) is 23.6 Å². The van der Waals surface area contributed by atoms with Crippen molar-refractivity contribution < 1.29 is 9.66 Å². The van der Waals surface area contributed by atoms with E-state index in [1.165, 1.54) is 12.1 Å². The van der Waals surface area contributed by atoms with Crippen molar-refractivity contribution in [1.29, 1.82) is 10.5 Å². The monoisotopic (exact) mass is 398 g/mol. The molecule has 0 fully saturated rings. The molecule has 0 spiro atoms. The summed E-state index contributed by atoms with van der Waals surface area (Å²) in [5.74, 6) is 0.390. The summed E-state index contributed by atoms with van der Waals surface area (Å²) in [6.45, 7) is 0.286. The number of benzene rings is 2. The van der Waals surface area contributed by atoms with Crippen LogP contribution in [0.4, 0.5) is 11.4 Å². The molecule has 2 aromatic rings. The maximum atomic E-state index is 11.2. The Labute approximate surface area is 152 Å². The Kier molecular flexibility index (Phi) is 6.10. The molecule has 8 heteroatoms. The van der Waals surface area contributed by atoms with Crippen LogP contribution >= 0.6 is 15.9 Å². The first-order valence-electron chi connectivity index (χ1n) is 6.96. The first kappa shape index (κ1) is 18.0. The largest absolute Gasteiger partial charge is 0.488 e. The summed E-state index contributed by atoms with van der Waals surface area (Å²) < 4.78 is 6.12. The lowest BCUT2D eigenvalue weighted by atomic mass is 10.2. The van der Waals surface area contributed by atoms with Crippen LogP contribution in [-0.4, -0.2) is 4.92 Å². The highest BCUT2D eigenvalue weighted by Crippen LogP contribution is 2.36. The van der Waals surface area contributed by atoms with Gasteiger partial charge in [0.05, 0.1) is 9.40 Å². The van der Waals surface area contributed by atoms with Gasteiger partial charge in [-0.25, -0.2) is 0 Å². The highest BCUT2D eigenvalue weighted by molar-refractivity contribution is 9.10. The molecule has 0 aliphatic carbocycles. The molecule has 2 aromatic carbocycles. The number of nitrogens with one attached hydrogen (secondary N) is 1. The van der Waals surface area contributed by atoms with E-state index in [4.69, 9.17) is 15.3 Å². The minimum absolute atomic E-state index is 0.110. The van der Waals surface area contributed by atoms with Gasteiger partial charge in [-0.1, -0.05) is 30.3 Å². The van der Waals surface area contributed by atoms with Gasteiger partial charge in [-0.15, -0.1) is 0 Å². The number of anilines is 1. The van der Waals surface area contributed by atoms with Crippen molar-refractivity contribution in [2.45, 2.75) is 6.61 Å². The summed E-state index contributed by atoms with van der Waals surface area (Å²) >= 11 is 3.25. The minimum atomic E-state index is -0.569. The number of nitro benzene ring substituents is 1. The Balaban J connectivity index is 2.30. The lowest BCUT2D eigenvalue weighted by molar-refractivity contribution is -0.384. The van der Waals surface area contributed by atoms with Gasteiger partial charge in [-0.3, -0.25) is 10.1 Å². The van der Waals surface area contributed by atoms with E-state index in [9.17, 15) is 10.1 Å². The molecular weight excluding hydrogens is 388 g/mol. The van der Waals surface area contributed by atoms with Crippen LogP contribution in [0.2, 0.25) is 0 Å². The predicted molar refractivity (Wildman–Crippen MR) is 94.5 cm³/mol. The van der Waals surface area contributed by atoms with Crippen LogP contribution < -0.4 is 10.1 Å². The highest BCUT2D eigenvalue weighted by Gasteiger charge is 2.18. The fourth-order valence-electron chi connectivity index (χ4n) is 1.89. The normalized spacial score (nSPS) is 9.40. The first-order valence-corrected chi connectivity index (χ1v) is 7.76. The standard InChI is InChI=1S/C17H11BrN4O3/c18-14-6-16(22(23)24)15(21-10-13(8-19)9-20)7-17(14)25-11-12-4-2-1-3-5-12/h1-7,10,21H,11H2. The number of nitrogens with zero attached hydrogens (tertiary/aromatic N) is 3. The van der Waals surface area contributed by atoms with Crippen LogP contribution in [0.15, 0.2) is 58.7 Å². The smallest absolute Gasteiger partial charge is 0.294 e. The average Bonchev–Trinajstić information content (AvgIpc) is 2.62. The third-order valence-corrected chi connectivity index (χ3v) is 3.72. The van der Waals surface area contributed by atoms with Crippen molar-refractivity contribution in [1.82, 2.24) is 0 Å². The fourth-order valence-corrected chi connectivity index (χ4v) is 2.34. The highest BCUT2D eigenvalue weighted by atomic mass is 79.9. The Morgan fingerprint density at radius 1 is 1.28 bits per heavy atom. The molecule has 0 unspecified atom stereocenters. The first-order chi connectivity index (χ1) is 12.0. The quantitative estimate of drug-likeness (QED) is 0.441. The average molecular weight is 399 g/mol. The van der Waals surface area contributed by atoms with Crippen molar-refractivity contribution in [3.05, 3.63) is 74.4 Å². The van der Waals surface area contributed by atoms with Crippen molar-refractivity contribution in [3.8, 4) is 17.9 Å². The van der Waals surface area contributed by atoms with Gasteiger partial charge in [-0.05, 0) is 21.5 Å². The SMILES string of the molecule is N#CC(C#N)=CNc1cc(OCc2ccccc2)c(Br)cc1[N+](=O)[O-]. The molecule has 2 rings (SSSR count). The molecule has 1 N–H and O–H groups in total. The molecule has 7 nitrogen and oxygen atoms in total. The molecule has 0 radical (unpaired) electrons. The summed E-state index contributed by atoms with van der Waals surface area (Å²) in [6, 6.07) is 15.5. The summed E-state index contributed by atoms with van der Waals surface area (Å²) in [6.07, 6.45) is 1.11. The summed E-state index contributed by atoms with van der Waals surface area (Å²) in [4.78, 5) is 10.6. The van der Waals surface area contributed by atoms with E-state index in [2.05, 4.69) is 21.2 Å². The van der Waals surface area contributed by atoms with Gasteiger partial charge in [0.15, 0.2) is 0 Å². The number of hydrogen-bond donors (Lipinski definition) is 1. The number of ether oxygens (including phenoxy) is 1. The third kappa shape index (κ3) is 4.80. The van der Waals surface area contributed by atoms with Gasteiger partial charge in [0.25, 0.3) is 5.69 Å². The number of halogens is 1.